The Morgan fingerprint density at radius 1 is 1.33 bits per heavy atom. The van der Waals surface area contributed by atoms with E-state index in [2.05, 4.69) is 23.8 Å². The maximum Gasteiger partial charge on any atom is 0.125 e. The first kappa shape index (κ1) is 13.3. The standard InChI is InChI=1S/C14H21FN2O/c1-3-13-9-17(5-4-16(13)2)14-7-11(10-18)6-12(15)8-14/h6-8,13,18H,3-5,9-10H2,1-2H3. The van der Waals surface area contributed by atoms with Crippen LogP contribution < -0.4 is 4.90 Å². The molecule has 0 saturated carbocycles. The maximum atomic E-state index is 13.5. The van der Waals surface area contributed by atoms with Gasteiger partial charge in [0.25, 0.3) is 0 Å². The van der Waals surface area contributed by atoms with Crippen LogP contribution in [0.25, 0.3) is 0 Å². The summed E-state index contributed by atoms with van der Waals surface area (Å²) in [6.07, 6.45) is 1.09. The van der Waals surface area contributed by atoms with Crippen LogP contribution >= 0.6 is 0 Å². The number of halogens is 1. The zero-order chi connectivity index (χ0) is 13.1. The first-order valence-electron chi connectivity index (χ1n) is 6.49. The number of anilines is 1. The van der Waals surface area contributed by atoms with Gasteiger partial charge >= 0.3 is 0 Å². The SMILES string of the molecule is CCC1CN(c2cc(F)cc(CO)c2)CCN1C. The Morgan fingerprint density at radius 3 is 2.78 bits per heavy atom. The minimum atomic E-state index is -0.275. The van der Waals surface area contributed by atoms with Crippen LogP contribution in [0.1, 0.15) is 18.9 Å². The van der Waals surface area contributed by atoms with Crippen molar-refractivity contribution in [3.63, 3.8) is 0 Å². The van der Waals surface area contributed by atoms with E-state index in [1.807, 2.05) is 6.07 Å². The molecular weight excluding hydrogens is 231 g/mol. The van der Waals surface area contributed by atoms with Crippen molar-refractivity contribution in [3.05, 3.63) is 29.6 Å². The number of benzene rings is 1. The number of hydrogen-bond acceptors (Lipinski definition) is 3. The molecule has 0 radical (unpaired) electrons. The predicted molar refractivity (Wildman–Crippen MR) is 71.2 cm³/mol. The number of aliphatic hydroxyl groups excluding tert-OH is 1. The number of likely N-dealkylation sites (N-methyl/N-ethyl adjacent to an activating group) is 1. The fraction of sp³-hybridized carbons (Fsp3) is 0.571. The van der Waals surface area contributed by atoms with Crippen molar-refractivity contribution in [1.82, 2.24) is 4.90 Å². The van der Waals surface area contributed by atoms with Gasteiger partial charge in [-0.05, 0) is 37.2 Å². The smallest absolute Gasteiger partial charge is 0.125 e. The Balaban J connectivity index is 2.18. The highest BCUT2D eigenvalue weighted by Gasteiger charge is 2.23. The Labute approximate surface area is 108 Å². The molecule has 1 unspecified atom stereocenters. The second-order valence-electron chi connectivity index (χ2n) is 4.96. The quantitative estimate of drug-likeness (QED) is 0.889. The molecule has 1 aliphatic heterocycles. The summed E-state index contributed by atoms with van der Waals surface area (Å²) in [6, 6.07) is 5.33. The lowest BCUT2D eigenvalue weighted by molar-refractivity contribution is 0.213. The van der Waals surface area contributed by atoms with Gasteiger partial charge in [0.15, 0.2) is 0 Å². The molecule has 1 aromatic carbocycles. The van der Waals surface area contributed by atoms with E-state index >= 15 is 0 Å². The van der Waals surface area contributed by atoms with Gasteiger partial charge in [0, 0.05) is 31.4 Å². The Kier molecular flexibility index (Phi) is 4.19. The second-order valence-corrected chi connectivity index (χ2v) is 4.96. The van der Waals surface area contributed by atoms with Gasteiger partial charge in [-0.25, -0.2) is 4.39 Å². The number of piperazine rings is 1. The van der Waals surface area contributed by atoms with Gasteiger partial charge in [0.2, 0.25) is 0 Å². The van der Waals surface area contributed by atoms with Crippen molar-refractivity contribution < 1.29 is 9.50 Å². The molecule has 1 heterocycles. The van der Waals surface area contributed by atoms with Crippen molar-refractivity contribution >= 4 is 5.69 Å². The van der Waals surface area contributed by atoms with E-state index in [1.54, 1.807) is 6.07 Å². The predicted octanol–water partition coefficient (Wildman–Crippen LogP) is 1.85. The summed E-state index contributed by atoms with van der Waals surface area (Å²) in [4.78, 5) is 4.55. The molecule has 0 aromatic heterocycles. The first-order chi connectivity index (χ1) is 8.63. The fourth-order valence-electron chi connectivity index (χ4n) is 2.53. The molecule has 1 N–H and O–H groups in total. The Morgan fingerprint density at radius 2 is 2.11 bits per heavy atom. The van der Waals surface area contributed by atoms with Gasteiger partial charge in [0.05, 0.1) is 6.61 Å². The molecule has 2 rings (SSSR count). The van der Waals surface area contributed by atoms with Crippen LogP contribution in [0, 0.1) is 5.82 Å². The number of rotatable bonds is 3. The Bertz CT molecular complexity index is 411. The van der Waals surface area contributed by atoms with Gasteiger partial charge in [-0.15, -0.1) is 0 Å². The third kappa shape index (κ3) is 2.82. The maximum absolute atomic E-state index is 13.5. The lowest BCUT2D eigenvalue weighted by Crippen LogP contribution is -2.51. The van der Waals surface area contributed by atoms with Crippen LogP contribution in [0.2, 0.25) is 0 Å². The largest absolute Gasteiger partial charge is 0.392 e. The highest BCUT2D eigenvalue weighted by Crippen LogP contribution is 2.22. The molecule has 0 bridgehead atoms. The zero-order valence-electron chi connectivity index (χ0n) is 11.1. The molecule has 18 heavy (non-hydrogen) atoms. The van der Waals surface area contributed by atoms with E-state index < -0.39 is 0 Å². The van der Waals surface area contributed by atoms with E-state index in [-0.39, 0.29) is 12.4 Å². The summed E-state index contributed by atoms with van der Waals surface area (Å²) >= 11 is 0. The highest BCUT2D eigenvalue weighted by atomic mass is 19.1. The summed E-state index contributed by atoms with van der Waals surface area (Å²) in [5.74, 6) is -0.275. The van der Waals surface area contributed by atoms with Gasteiger partial charge in [-0.2, -0.15) is 0 Å². The molecule has 100 valence electrons. The van der Waals surface area contributed by atoms with Crippen molar-refractivity contribution in [2.45, 2.75) is 26.0 Å². The summed E-state index contributed by atoms with van der Waals surface area (Å²) in [6.45, 7) is 4.87. The molecule has 0 amide bonds. The minimum Gasteiger partial charge on any atom is -0.392 e. The molecule has 1 aromatic rings. The van der Waals surface area contributed by atoms with E-state index in [4.69, 9.17) is 5.11 Å². The van der Waals surface area contributed by atoms with Crippen molar-refractivity contribution in [2.75, 3.05) is 31.6 Å². The molecule has 0 aliphatic carbocycles. The van der Waals surface area contributed by atoms with Crippen LogP contribution in [0.3, 0.4) is 0 Å². The van der Waals surface area contributed by atoms with E-state index in [0.29, 0.717) is 11.6 Å². The highest BCUT2D eigenvalue weighted by molar-refractivity contribution is 5.49. The molecule has 1 atom stereocenters. The molecule has 0 spiro atoms. The molecule has 1 aliphatic rings. The van der Waals surface area contributed by atoms with Crippen molar-refractivity contribution in [3.8, 4) is 0 Å². The summed E-state index contributed by atoms with van der Waals surface area (Å²) in [7, 11) is 2.14. The van der Waals surface area contributed by atoms with Gasteiger partial charge in [-0.3, -0.25) is 4.90 Å². The third-order valence-electron chi connectivity index (χ3n) is 3.74. The second kappa shape index (κ2) is 5.67. The third-order valence-corrected chi connectivity index (χ3v) is 3.74. The topological polar surface area (TPSA) is 26.7 Å². The normalized spacial score (nSPS) is 21.3. The van der Waals surface area contributed by atoms with Crippen LogP contribution in [0.15, 0.2) is 18.2 Å². The van der Waals surface area contributed by atoms with Crippen LogP contribution in [-0.4, -0.2) is 42.7 Å². The van der Waals surface area contributed by atoms with Crippen molar-refractivity contribution in [2.24, 2.45) is 0 Å². The number of nitrogens with zero attached hydrogens (tertiary/aromatic N) is 2. The van der Waals surface area contributed by atoms with Gasteiger partial charge in [-0.1, -0.05) is 6.92 Å². The lowest BCUT2D eigenvalue weighted by Gasteiger charge is -2.40. The average molecular weight is 252 g/mol. The monoisotopic (exact) mass is 252 g/mol. The number of hydrogen-bond donors (Lipinski definition) is 1. The van der Waals surface area contributed by atoms with Crippen LogP contribution in [0.4, 0.5) is 10.1 Å². The lowest BCUT2D eigenvalue weighted by atomic mass is 10.1. The molecule has 1 saturated heterocycles. The zero-order valence-corrected chi connectivity index (χ0v) is 11.1. The average Bonchev–Trinajstić information content (AvgIpc) is 2.38. The summed E-state index contributed by atoms with van der Waals surface area (Å²) in [5.41, 5.74) is 1.52. The first-order valence-corrected chi connectivity index (χ1v) is 6.49. The summed E-state index contributed by atoms with van der Waals surface area (Å²) in [5, 5.41) is 9.13. The van der Waals surface area contributed by atoms with E-state index in [0.717, 1.165) is 31.7 Å². The van der Waals surface area contributed by atoms with Crippen LogP contribution in [-0.2, 0) is 6.61 Å². The van der Waals surface area contributed by atoms with Crippen molar-refractivity contribution in [1.29, 1.82) is 0 Å². The molecule has 1 fully saturated rings. The summed E-state index contributed by atoms with van der Waals surface area (Å²) < 4.78 is 13.5. The van der Waals surface area contributed by atoms with E-state index in [1.165, 1.54) is 6.07 Å². The van der Waals surface area contributed by atoms with E-state index in [9.17, 15) is 4.39 Å². The fourth-order valence-corrected chi connectivity index (χ4v) is 2.53. The molecule has 3 nitrogen and oxygen atoms in total. The molecular formula is C14H21FN2O. The Hall–Kier alpha value is -1.13. The van der Waals surface area contributed by atoms with Crippen LogP contribution in [0.5, 0.6) is 0 Å². The van der Waals surface area contributed by atoms with Gasteiger partial charge in [0.1, 0.15) is 5.82 Å². The molecule has 4 heteroatoms. The minimum absolute atomic E-state index is 0.115. The van der Waals surface area contributed by atoms with Gasteiger partial charge < -0.3 is 10.0 Å². The number of aliphatic hydroxyl groups is 1.